The Morgan fingerprint density at radius 2 is 2.09 bits per heavy atom. The highest BCUT2D eigenvalue weighted by atomic mass is 19.3. The first kappa shape index (κ1) is 23.4. The van der Waals surface area contributed by atoms with E-state index in [-0.39, 0.29) is 30.5 Å². The Labute approximate surface area is 189 Å². The Hall–Kier alpha value is -2.75. The van der Waals surface area contributed by atoms with Crippen molar-refractivity contribution in [1.82, 2.24) is 15.3 Å². The summed E-state index contributed by atoms with van der Waals surface area (Å²) in [5.74, 6) is -0.560. The molecule has 2 heterocycles. The van der Waals surface area contributed by atoms with Gasteiger partial charge in [0.05, 0.1) is 29.3 Å². The Morgan fingerprint density at radius 1 is 1.30 bits per heavy atom. The molecule has 2 aliphatic rings. The van der Waals surface area contributed by atoms with E-state index in [9.17, 15) is 22.4 Å². The van der Waals surface area contributed by atoms with Gasteiger partial charge in [0.1, 0.15) is 24.1 Å². The molecule has 1 aliphatic heterocycles. The van der Waals surface area contributed by atoms with E-state index in [1.165, 1.54) is 12.1 Å². The Bertz CT molecular complexity index is 1020. The smallest absolute Gasteiger partial charge is 0.266 e. The normalized spacial score (nSPS) is 19.0. The van der Waals surface area contributed by atoms with Gasteiger partial charge in [0, 0.05) is 24.3 Å². The molecule has 33 heavy (non-hydrogen) atoms. The van der Waals surface area contributed by atoms with Crippen LogP contribution in [0.3, 0.4) is 0 Å². The third-order valence-electron chi connectivity index (χ3n) is 6.02. The van der Waals surface area contributed by atoms with Crippen LogP contribution in [0.25, 0.3) is 0 Å². The highest BCUT2D eigenvalue weighted by molar-refractivity contribution is 5.80. The molecule has 1 atom stereocenters. The molecular weight excluding hydrogens is 440 g/mol. The van der Waals surface area contributed by atoms with Gasteiger partial charge in [-0.3, -0.25) is 4.79 Å². The summed E-state index contributed by atoms with van der Waals surface area (Å²) < 4.78 is 59.6. The molecule has 2 fully saturated rings. The minimum atomic E-state index is -2.92. The maximum absolute atomic E-state index is 14.5. The van der Waals surface area contributed by atoms with Crippen molar-refractivity contribution in [1.29, 1.82) is 0 Å². The van der Waals surface area contributed by atoms with Gasteiger partial charge in [0.25, 0.3) is 6.43 Å². The summed E-state index contributed by atoms with van der Waals surface area (Å²) in [4.78, 5) is 21.5. The number of aromatic nitrogens is 2. The SMILES string of the molecule is Cc1nc(CC(=O)NC2(CF)CC2)c(C2CCCO2)c(NCc2cccc(C(F)F)c2F)n1. The Morgan fingerprint density at radius 3 is 2.73 bits per heavy atom. The molecule has 4 rings (SSSR count). The third-order valence-corrected chi connectivity index (χ3v) is 6.02. The zero-order valence-corrected chi connectivity index (χ0v) is 18.3. The van der Waals surface area contributed by atoms with E-state index in [1.54, 1.807) is 6.92 Å². The lowest BCUT2D eigenvalue weighted by molar-refractivity contribution is -0.121. The van der Waals surface area contributed by atoms with E-state index in [0.29, 0.717) is 48.8 Å². The topological polar surface area (TPSA) is 76.1 Å². The Balaban J connectivity index is 1.61. The average molecular weight is 466 g/mol. The van der Waals surface area contributed by atoms with Gasteiger partial charge in [-0.1, -0.05) is 18.2 Å². The van der Waals surface area contributed by atoms with Gasteiger partial charge >= 0.3 is 0 Å². The summed E-state index contributed by atoms with van der Waals surface area (Å²) in [5, 5.41) is 5.78. The standard InChI is InChI=1S/C23H26F4N4O2/c1-13-29-16(10-18(32)31-23(12-24)7-8-23)19(17-6-3-9-33-17)22(30-13)28-11-14-4-2-5-15(20(14)25)21(26)27/h2,4-5,17,21H,3,6-12H2,1H3,(H,31,32)(H,28,29,30). The second-order valence-electron chi connectivity index (χ2n) is 8.59. The second-order valence-corrected chi connectivity index (χ2v) is 8.59. The number of aryl methyl sites for hydroxylation is 1. The number of alkyl halides is 3. The number of anilines is 1. The van der Waals surface area contributed by atoms with Gasteiger partial charge in [-0.15, -0.1) is 0 Å². The highest BCUT2D eigenvalue weighted by Crippen LogP contribution is 2.37. The molecule has 0 spiro atoms. The molecule has 6 nitrogen and oxygen atoms in total. The number of amides is 1. The van der Waals surface area contributed by atoms with E-state index < -0.39 is 30.0 Å². The number of ether oxygens (including phenoxy) is 1. The number of nitrogens with zero attached hydrogens (tertiary/aromatic N) is 2. The van der Waals surface area contributed by atoms with Gasteiger partial charge in [0.2, 0.25) is 5.91 Å². The number of hydrogen-bond acceptors (Lipinski definition) is 5. The largest absolute Gasteiger partial charge is 0.373 e. The highest BCUT2D eigenvalue weighted by Gasteiger charge is 2.44. The van der Waals surface area contributed by atoms with Crippen molar-refractivity contribution in [3.8, 4) is 0 Å². The molecule has 178 valence electrons. The molecule has 1 aliphatic carbocycles. The fourth-order valence-electron chi connectivity index (χ4n) is 4.07. The van der Waals surface area contributed by atoms with Crippen molar-refractivity contribution in [2.45, 2.75) is 63.6 Å². The lowest BCUT2D eigenvalue weighted by atomic mass is 10.0. The summed E-state index contributed by atoms with van der Waals surface area (Å²) in [6, 6.07) is 3.85. The molecule has 2 aromatic rings. The zero-order chi connectivity index (χ0) is 23.6. The van der Waals surface area contributed by atoms with Crippen molar-refractivity contribution in [2.75, 3.05) is 18.6 Å². The van der Waals surface area contributed by atoms with E-state index in [2.05, 4.69) is 20.6 Å². The monoisotopic (exact) mass is 466 g/mol. The predicted molar refractivity (Wildman–Crippen MR) is 113 cm³/mol. The van der Waals surface area contributed by atoms with Crippen molar-refractivity contribution in [2.24, 2.45) is 0 Å². The summed E-state index contributed by atoms with van der Waals surface area (Å²) >= 11 is 0. The molecule has 0 radical (unpaired) electrons. The molecule has 1 aromatic carbocycles. The van der Waals surface area contributed by atoms with E-state index in [4.69, 9.17) is 4.74 Å². The van der Waals surface area contributed by atoms with Crippen LogP contribution in [-0.4, -0.2) is 34.7 Å². The van der Waals surface area contributed by atoms with Gasteiger partial charge in [0.15, 0.2) is 0 Å². The van der Waals surface area contributed by atoms with Crippen LogP contribution < -0.4 is 10.6 Å². The second kappa shape index (κ2) is 9.62. The number of rotatable bonds is 9. The Kier molecular flexibility index (Phi) is 6.83. The van der Waals surface area contributed by atoms with Gasteiger partial charge in [-0.2, -0.15) is 0 Å². The fraction of sp³-hybridized carbons (Fsp3) is 0.522. The zero-order valence-electron chi connectivity index (χ0n) is 18.3. The van der Waals surface area contributed by atoms with Crippen molar-refractivity contribution in [3.63, 3.8) is 0 Å². The van der Waals surface area contributed by atoms with E-state index >= 15 is 0 Å². The van der Waals surface area contributed by atoms with Gasteiger partial charge in [-0.05, 0) is 32.6 Å². The van der Waals surface area contributed by atoms with Crippen LogP contribution in [0.4, 0.5) is 23.4 Å². The molecule has 1 saturated heterocycles. The molecule has 1 aromatic heterocycles. The number of benzene rings is 1. The molecular formula is C23H26F4N4O2. The molecule has 1 amide bonds. The molecule has 10 heteroatoms. The first-order valence-electron chi connectivity index (χ1n) is 11.0. The lowest BCUT2D eigenvalue weighted by Crippen LogP contribution is -2.39. The minimum Gasteiger partial charge on any atom is -0.373 e. The summed E-state index contributed by atoms with van der Waals surface area (Å²) in [6.07, 6.45) is -0.634. The van der Waals surface area contributed by atoms with Crippen LogP contribution in [0.15, 0.2) is 18.2 Å². The lowest BCUT2D eigenvalue weighted by Gasteiger charge is -2.21. The molecule has 1 saturated carbocycles. The maximum atomic E-state index is 14.5. The van der Waals surface area contributed by atoms with Crippen LogP contribution in [0.2, 0.25) is 0 Å². The van der Waals surface area contributed by atoms with Crippen molar-refractivity contribution < 1.29 is 27.1 Å². The van der Waals surface area contributed by atoms with Crippen LogP contribution in [0.1, 0.15) is 66.4 Å². The first-order chi connectivity index (χ1) is 15.8. The maximum Gasteiger partial charge on any atom is 0.266 e. The summed E-state index contributed by atoms with van der Waals surface area (Å²) in [5.41, 5.74) is -0.320. The minimum absolute atomic E-state index is 0.0697. The van der Waals surface area contributed by atoms with E-state index in [1.807, 2.05) is 0 Å². The van der Waals surface area contributed by atoms with Gasteiger partial charge < -0.3 is 15.4 Å². The number of halogens is 4. The van der Waals surface area contributed by atoms with Gasteiger partial charge in [-0.25, -0.2) is 27.5 Å². The van der Waals surface area contributed by atoms with Crippen LogP contribution >= 0.6 is 0 Å². The predicted octanol–water partition coefficient (Wildman–Crippen LogP) is 4.49. The van der Waals surface area contributed by atoms with Crippen molar-refractivity contribution in [3.05, 3.63) is 52.2 Å². The molecule has 0 bridgehead atoms. The summed E-state index contributed by atoms with van der Waals surface area (Å²) in [6.45, 7) is 1.50. The fourth-order valence-corrected chi connectivity index (χ4v) is 4.07. The van der Waals surface area contributed by atoms with Crippen LogP contribution in [0.5, 0.6) is 0 Å². The number of carbonyl (C=O) groups is 1. The number of nitrogens with one attached hydrogen (secondary N) is 2. The quantitative estimate of drug-likeness (QED) is 0.533. The average Bonchev–Trinajstić information content (AvgIpc) is 3.32. The van der Waals surface area contributed by atoms with Crippen molar-refractivity contribution >= 4 is 11.7 Å². The third kappa shape index (κ3) is 5.26. The first-order valence-corrected chi connectivity index (χ1v) is 11.0. The van der Waals surface area contributed by atoms with Crippen LogP contribution in [-0.2, 0) is 22.5 Å². The molecule has 2 N–H and O–H groups in total. The number of hydrogen-bond donors (Lipinski definition) is 2. The van der Waals surface area contributed by atoms with Crippen LogP contribution in [0, 0.1) is 12.7 Å². The van der Waals surface area contributed by atoms with E-state index in [0.717, 1.165) is 12.5 Å². The summed E-state index contributed by atoms with van der Waals surface area (Å²) in [7, 11) is 0. The number of carbonyl (C=O) groups excluding carboxylic acids is 1. The molecule has 1 unspecified atom stereocenters.